The van der Waals surface area contributed by atoms with Crippen molar-refractivity contribution in [1.82, 2.24) is 5.32 Å². The van der Waals surface area contributed by atoms with Crippen molar-refractivity contribution in [3.05, 3.63) is 71.3 Å². The van der Waals surface area contributed by atoms with Gasteiger partial charge in [-0.3, -0.25) is 9.59 Å². The topological polar surface area (TPSA) is 55.4 Å². The molecule has 0 aliphatic rings. The molecule has 0 spiro atoms. The van der Waals surface area contributed by atoms with Gasteiger partial charge in [-0.2, -0.15) is 8.78 Å². The minimum Gasteiger partial charge on any atom is -0.420 e. The number of ether oxygens (including phenoxy) is 1. The smallest absolute Gasteiger partial charge is 0.308 e. The summed E-state index contributed by atoms with van der Waals surface area (Å²) in [6, 6.07) is 10.0. The van der Waals surface area contributed by atoms with E-state index in [1.54, 1.807) is 0 Å². The molecule has 0 atom stereocenters. The third-order valence-corrected chi connectivity index (χ3v) is 2.96. The maximum atomic E-state index is 13.4. The number of hydrogen-bond donors (Lipinski definition) is 1. The average molecular weight is 369 g/mol. The van der Waals surface area contributed by atoms with E-state index in [4.69, 9.17) is 0 Å². The van der Waals surface area contributed by atoms with E-state index in [2.05, 4.69) is 11.3 Å². The third kappa shape index (κ3) is 4.92. The highest BCUT2D eigenvalue weighted by Gasteiger charge is 2.30. The molecule has 0 radical (unpaired) electrons. The Hall–Kier alpha value is -3.16. The molecule has 0 saturated carbocycles. The first kappa shape index (κ1) is 20.9. The minimum absolute atomic E-state index is 0.793. The third-order valence-electron chi connectivity index (χ3n) is 2.96. The molecule has 26 heavy (non-hydrogen) atoms. The lowest BCUT2D eigenvalue weighted by Crippen LogP contribution is -2.23. The van der Waals surface area contributed by atoms with Gasteiger partial charge in [0.05, 0.1) is 0 Å². The Morgan fingerprint density at radius 1 is 1.00 bits per heavy atom. The summed E-state index contributed by atoms with van der Waals surface area (Å²) in [5.41, 5.74) is -0.254. The molecule has 2 aromatic rings. The van der Waals surface area contributed by atoms with Gasteiger partial charge in [-0.05, 0) is 5.56 Å². The molecular weight excluding hydrogens is 354 g/mol. The minimum atomic E-state index is -1.96. The molecule has 0 heterocycles. The molecule has 1 N–H and O–H groups in total. The van der Waals surface area contributed by atoms with Crippen molar-refractivity contribution < 1.29 is 31.9 Å². The standard InChI is InChI=1S/C10H7F4NO3.C8H8/c1-3(16)18-9-7(13)5(11)4(10(17)15-2)6(12)8(9)14;1-2-8-6-4-3-5-7-8/h1-2H3,(H,15,17);2-7H,1H2. The van der Waals surface area contributed by atoms with Gasteiger partial charge in [-0.25, -0.2) is 8.78 Å². The van der Waals surface area contributed by atoms with Gasteiger partial charge in [0, 0.05) is 14.0 Å². The van der Waals surface area contributed by atoms with Crippen LogP contribution in [0.4, 0.5) is 17.6 Å². The summed E-state index contributed by atoms with van der Waals surface area (Å²) in [4.78, 5) is 21.6. The van der Waals surface area contributed by atoms with Crippen LogP contribution in [0, 0.1) is 23.3 Å². The molecule has 138 valence electrons. The van der Waals surface area contributed by atoms with Gasteiger partial charge in [-0.15, -0.1) is 0 Å². The lowest BCUT2D eigenvalue weighted by Gasteiger charge is -2.10. The molecule has 4 nitrogen and oxygen atoms in total. The molecule has 1 amide bonds. The molecular formula is C18H15F4NO3. The maximum Gasteiger partial charge on any atom is 0.308 e. The van der Waals surface area contributed by atoms with Crippen LogP contribution in [0.25, 0.3) is 6.08 Å². The summed E-state index contributed by atoms with van der Waals surface area (Å²) in [5, 5.41) is 1.82. The fraction of sp³-hybridized carbons (Fsp3) is 0.111. The van der Waals surface area contributed by atoms with Crippen molar-refractivity contribution in [3.8, 4) is 5.75 Å². The second-order valence-corrected chi connectivity index (χ2v) is 4.75. The fourth-order valence-electron chi connectivity index (χ4n) is 1.76. The summed E-state index contributed by atoms with van der Waals surface area (Å²) < 4.78 is 57.4. The number of amides is 1. The molecule has 2 rings (SSSR count). The van der Waals surface area contributed by atoms with Crippen LogP contribution < -0.4 is 10.1 Å². The summed E-state index contributed by atoms with van der Waals surface area (Å²) in [6.07, 6.45) is 1.83. The molecule has 0 aliphatic heterocycles. The largest absolute Gasteiger partial charge is 0.420 e. The first-order valence-electron chi connectivity index (χ1n) is 7.18. The zero-order valence-electron chi connectivity index (χ0n) is 13.9. The summed E-state index contributed by atoms with van der Waals surface area (Å²) in [5.74, 6) is -11.8. The normalized spacial score (nSPS) is 9.62. The molecule has 0 aromatic heterocycles. The Labute approximate surface area is 147 Å². The first-order chi connectivity index (χ1) is 12.2. The number of hydrogen-bond acceptors (Lipinski definition) is 3. The fourth-order valence-corrected chi connectivity index (χ4v) is 1.76. The van der Waals surface area contributed by atoms with Crippen LogP contribution in [0.15, 0.2) is 36.9 Å². The predicted molar refractivity (Wildman–Crippen MR) is 87.5 cm³/mol. The predicted octanol–water partition coefficient (Wildman–Crippen LogP) is 3.86. The van der Waals surface area contributed by atoms with Gasteiger partial charge in [-0.1, -0.05) is 43.0 Å². The van der Waals surface area contributed by atoms with Crippen LogP contribution in [-0.2, 0) is 4.79 Å². The summed E-state index contributed by atoms with van der Waals surface area (Å²) in [7, 11) is 1.02. The number of esters is 1. The molecule has 0 bridgehead atoms. The summed E-state index contributed by atoms with van der Waals surface area (Å²) in [6.45, 7) is 4.42. The van der Waals surface area contributed by atoms with Crippen LogP contribution >= 0.6 is 0 Å². The quantitative estimate of drug-likeness (QED) is 0.387. The van der Waals surface area contributed by atoms with Crippen LogP contribution in [0.3, 0.4) is 0 Å². The molecule has 0 saturated heterocycles. The van der Waals surface area contributed by atoms with Crippen LogP contribution in [-0.4, -0.2) is 18.9 Å². The number of carbonyl (C=O) groups excluding carboxylic acids is 2. The first-order valence-corrected chi connectivity index (χ1v) is 7.18. The van der Waals surface area contributed by atoms with Gasteiger partial charge in [0.1, 0.15) is 5.56 Å². The van der Waals surface area contributed by atoms with E-state index in [0.29, 0.717) is 0 Å². The Bertz CT molecular complexity index is 794. The van der Waals surface area contributed by atoms with Gasteiger partial charge in [0.15, 0.2) is 11.6 Å². The van der Waals surface area contributed by atoms with E-state index in [9.17, 15) is 27.2 Å². The van der Waals surface area contributed by atoms with E-state index < -0.39 is 46.5 Å². The highest BCUT2D eigenvalue weighted by molar-refractivity contribution is 5.94. The van der Waals surface area contributed by atoms with E-state index in [-0.39, 0.29) is 0 Å². The van der Waals surface area contributed by atoms with Crippen molar-refractivity contribution >= 4 is 18.0 Å². The Morgan fingerprint density at radius 3 is 1.85 bits per heavy atom. The van der Waals surface area contributed by atoms with Crippen molar-refractivity contribution in [2.75, 3.05) is 7.05 Å². The van der Waals surface area contributed by atoms with Gasteiger partial charge >= 0.3 is 5.97 Å². The van der Waals surface area contributed by atoms with Gasteiger partial charge in [0.2, 0.25) is 17.4 Å². The Balaban J connectivity index is 0.000000350. The summed E-state index contributed by atoms with van der Waals surface area (Å²) >= 11 is 0. The molecule has 2 aromatic carbocycles. The number of benzene rings is 2. The molecule has 0 unspecified atom stereocenters. The van der Waals surface area contributed by atoms with Crippen molar-refractivity contribution in [3.63, 3.8) is 0 Å². The number of rotatable bonds is 3. The Morgan fingerprint density at radius 2 is 1.50 bits per heavy atom. The van der Waals surface area contributed by atoms with E-state index in [1.165, 1.54) is 5.56 Å². The van der Waals surface area contributed by atoms with E-state index in [1.807, 2.05) is 41.7 Å². The van der Waals surface area contributed by atoms with Crippen LogP contribution in [0.5, 0.6) is 5.75 Å². The molecule has 8 heteroatoms. The second-order valence-electron chi connectivity index (χ2n) is 4.75. The monoisotopic (exact) mass is 369 g/mol. The van der Waals surface area contributed by atoms with Crippen LogP contribution in [0.2, 0.25) is 0 Å². The highest BCUT2D eigenvalue weighted by Crippen LogP contribution is 2.30. The van der Waals surface area contributed by atoms with Gasteiger partial charge < -0.3 is 10.1 Å². The number of carbonyl (C=O) groups is 2. The zero-order valence-corrected chi connectivity index (χ0v) is 13.9. The lowest BCUT2D eigenvalue weighted by molar-refractivity contribution is -0.132. The highest BCUT2D eigenvalue weighted by atomic mass is 19.2. The van der Waals surface area contributed by atoms with E-state index in [0.717, 1.165) is 14.0 Å². The Kier molecular flexibility index (Phi) is 7.52. The van der Waals surface area contributed by atoms with E-state index >= 15 is 0 Å². The number of nitrogens with one attached hydrogen (secondary N) is 1. The number of halogens is 4. The molecule has 0 aliphatic carbocycles. The SMILES string of the molecule is C=Cc1ccccc1.CNC(=O)c1c(F)c(F)c(OC(C)=O)c(F)c1F. The van der Waals surface area contributed by atoms with Crippen molar-refractivity contribution in [1.29, 1.82) is 0 Å². The maximum absolute atomic E-state index is 13.4. The van der Waals surface area contributed by atoms with Gasteiger partial charge in [0.25, 0.3) is 5.91 Å². The zero-order chi connectivity index (χ0) is 19.9. The van der Waals surface area contributed by atoms with Crippen molar-refractivity contribution in [2.45, 2.75) is 6.92 Å². The average Bonchev–Trinajstić information content (AvgIpc) is 2.64. The lowest BCUT2D eigenvalue weighted by atomic mass is 10.1. The second kappa shape index (κ2) is 9.36. The van der Waals surface area contributed by atoms with Crippen LogP contribution in [0.1, 0.15) is 22.8 Å². The van der Waals surface area contributed by atoms with Crippen molar-refractivity contribution in [2.24, 2.45) is 0 Å². The molecule has 0 fully saturated rings.